The van der Waals surface area contributed by atoms with Gasteiger partial charge in [0, 0.05) is 58.7 Å². The van der Waals surface area contributed by atoms with E-state index in [2.05, 4.69) is 36.2 Å². The van der Waals surface area contributed by atoms with Gasteiger partial charge in [-0.15, -0.1) is 0 Å². The van der Waals surface area contributed by atoms with Gasteiger partial charge in [-0.2, -0.15) is 26.3 Å². The van der Waals surface area contributed by atoms with Crippen LogP contribution in [0.5, 0.6) is 0 Å². The van der Waals surface area contributed by atoms with E-state index in [1.807, 2.05) is 26.0 Å². The molecule has 19 heteroatoms. The smallest absolute Gasteiger partial charge is 0.399 e. The van der Waals surface area contributed by atoms with E-state index in [9.17, 15) is 31.1 Å². The van der Waals surface area contributed by atoms with E-state index in [0.29, 0.717) is 92.8 Å². The number of anilines is 6. The highest BCUT2D eigenvalue weighted by molar-refractivity contribution is 6.05. The number of benzene rings is 4. The van der Waals surface area contributed by atoms with Crippen molar-refractivity contribution in [3.63, 3.8) is 0 Å². The summed E-state index contributed by atoms with van der Waals surface area (Å²) in [6.45, 7) is 12.4. The third-order valence-electron chi connectivity index (χ3n) is 10.9. The van der Waals surface area contributed by atoms with Crippen molar-refractivity contribution in [1.82, 2.24) is 24.8 Å². The Morgan fingerprint density at radius 3 is 1.70 bits per heavy atom. The number of nitrogens with two attached hydrogens (primary N) is 2. The normalized spacial score (nSPS) is 15.6. The lowest BCUT2D eigenvalue weighted by molar-refractivity contribution is -0.138. The Hall–Kier alpha value is -6.63. The number of aryl methyl sites for hydroxylation is 2. The first-order chi connectivity index (χ1) is 30.2. The Balaban J connectivity index is 1.18. The van der Waals surface area contributed by atoms with Gasteiger partial charge in [0.15, 0.2) is 0 Å². The standard InChI is InChI=1S/C45H49F6N11O2/c1-7-54-36-18-33-38(58-24(5)60-41(33)56-22(3)26-11-28(44(46,47)48)15-30(52)13-26)17-32(36)40-21-62(9-10-64-40)43(63)35-20-39-34(19-37(35)55-8-2)42(61-25(6)59-39)57-23(4)27-12-29(45(49,50)51)16-31(53)14-27/h11-20,22-23,40,54-55H,7-10,21,52-53H2,1-6H3,(H,56,58,60)(H,57,59,61)/t22?,23?,40-/m0/s1. The van der Waals surface area contributed by atoms with E-state index in [1.54, 1.807) is 44.7 Å². The van der Waals surface area contributed by atoms with E-state index in [-0.39, 0.29) is 30.4 Å². The minimum Gasteiger partial charge on any atom is -0.399 e. The van der Waals surface area contributed by atoms with Crippen LogP contribution in [-0.2, 0) is 17.1 Å². The molecule has 3 atom stereocenters. The molecule has 4 aromatic carbocycles. The molecule has 0 bridgehead atoms. The summed E-state index contributed by atoms with van der Waals surface area (Å²) in [7, 11) is 0. The molecule has 338 valence electrons. The lowest BCUT2D eigenvalue weighted by Crippen LogP contribution is -2.42. The molecule has 2 aromatic heterocycles. The predicted molar refractivity (Wildman–Crippen MR) is 237 cm³/mol. The number of nitrogen functional groups attached to an aromatic ring is 2. The first-order valence-corrected chi connectivity index (χ1v) is 20.7. The highest BCUT2D eigenvalue weighted by Crippen LogP contribution is 2.39. The van der Waals surface area contributed by atoms with Gasteiger partial charge in [-0.1, -0.05) is 0 Å². The monoisotopic (exact) mass is 889 g/mol. The van der Waals surface area contributed by atoms with Gasteiger partial charge in [0.2, 0.25) is 0 Å². The molecule has 64 heavy (non-hydrogen) atoms. The van der Waals surface area contributed by atoms with Crippen LogP contribution >= 0.6 is 0 Å². The topological polar surface area (TPSA) is 181 Å². The molecule has 6 aromatic rings. The molecular formula is C45H49F6N11O2. The molecule has 2 unspecified atom stereocenters. The van der Waals surface area contributed by atoms with Crippen LogP contribution in [0.4, 0.5) is 60.7 Å². The quantitative estimate of drug-likeness (QED) is 0.0507. The van der Waals surface area contributed by atoms with Gasteiger partial charge >= 0.3 is 12.4 Å². The maximum Gasteiger partial charge on any atom is 0.416 e. The largest absolute Gasteiger partial charge is 0.416 e. The molecule has 1 aliphatic rings. The van der Waals surface area contributed by atoms with Gasteiger partial charge in [0.25, 0.3) is 5.91 Å². The van der Waals surface area contributed by atoms with Gasteiger partial charge in [-0.3, -0.25) is 4.79 Å². The van der Waals surface area contributed by atoms with E-state index in [0.717, 1.165) is 29.8 Å². The van der Waals surface area contributed by atoms with Crippen molar-refractivity contribution in [2.75, 3.05) is 65.5 Å². The number of amides is 1. The molecule has 0 spiro atoms. The number of carbonyl (C=O) groups is 1. The van der Waals surface area contributed by atoms with Gasteiger partial charge in [0.05, 0.1) is 53.0 Å². The summed E-state index contributed by atoms with van der Waals surface area (Å²) in [4.78, 5) is 34.8. The van der Waals surface area contributed by atoms with E-state index in [4.69, 9.17) is 21.2 Å². The minimum atomic E-state index is -4.58. The molecule has 0 saturated carbocycles. The Bertz CT molecular complexity index is 2730. The first kappa shape index (κ1) is 45.4. The average Bonchev–Trinajstić information content (AvgIpc) is 3.22. The van der Waals surface area contributed by atoms with Crippen molar-refractivity contribution in [3.8, 4) is 0 Å². The number of hydrogen-bond donors (Lipinski definition) is 6. The molecule has 0 radical (unpaired) electrons. The third kappa shape index (κ3) is 9.78. The Labute approximate surface area is 365 Å². The Morgan fingerprint density at radius 2 is 1.20 bits per heavy atom. The van der Waals surface area contributed by atoms with Crippen LogP contribution in [0.2, 0.25) is 0 Å². The van der Waals surface area contributed by atoms with E-state index in [1.165, 1.54) is 12.1 Å². The zero-order valence-electron chi connectivity index (χ0n) is 36.0. The van der Waals surface area contributed by atoms with Crippen LogP contribution < -0.4 is 32.7 Å². The fraction of sp³-hybridized carbons (Fsp3) is 0.356. The second kappa shape index (κ2) is 17.9. The third-order valence-corrected chi connectivity index (χ3v) is 10.9. The fourth-order valence-electron chi connectivity index (χ4n) is 7.89. The summed E-state index contributed by atoms with van der Waals surface area (Å²) in [5, 5.41) is 14.4. The molecule has 3 heterocycles. The van der Waals surface area contributed by atoms with Crippen molar-refractivity contribution in [1.29, 1.82) is 0 Å². The summed E-state index contributed by atoms with van der Waals surface area (Å²) >= 11 is 0. The molecular weight excluding hydrogens is 841 g/mol. The van der Waals surface area contributed by atoms with Crippen LogP contribution in [0.1, 0.15) is 95.7 Å². The Kier molecular flexibility index (Phi) is 12.7. The maximum absolute atomic E-state index is 14.6. The number of morpholine rings is 1. The summed E-state index contributed by atoms with van der Waals surface area (Å²) in [5.74, 6) is 1.32. The minimum absolute atomic E-state index is 0.0120. The summed E-state index contributed by atoms with van der Waals surface area (Å²) < 4.78 is 88.2. The molecule has 1 fully saturated rings. The zero-order chi connectivity index (χ0) is 46.2. The predicted octanol–water partition coefficient (Wildman–Crippen LogP) is 9.82. The number of rotatable bonds is 12. The number of fused-ring (bicyclic) bond motifs is 2. The summed E-state index contributed by atoms with van der Waals surface area (Å²) in [5.41, 5.74) is 14.0. The second-order valence-corrected chi connectivity index (χ2v) is 15.8. The number of hydrogen-bond acceptors (Lipinski definition) is 12. The first-order valence-electron chi connectivity index (χ1n) is 20.7. The fourth-order valence-corrected chi connectivity index (χ4v) is 7.89. The van der Waals surface area contributed by atoms with Crippen molar-refractivity contribution < 1.29 is 35.9 Å². The van der Waals surface area contributed by atoms with Gasteiger partial charge in [-0.05, 0) is 113 Å². The number of aromatic nitrogens is 4. The van der Waals surface area contributed by atoms with Crippen molar-refractivity contribution >= 4 is 62.1 Å². The maximum atomic E-state index is 14.6. The van der Waals surface area contributed by atoms with Gasteiger partial charge in [-0.25, -0.2) is 19.9 Å². The van der Waals surface area contributed by atoms with Crippen LogP contribution in [0.15, 0.2) is 60.7 Å². The molecule has 1 saturated heterocycles. The van der Waals surface area contributed by atoms with Gasteiger partial charge < -0.3 is 42.4 Å². The lowest BCUT2D eigenvalue weighted by Gasteiger charge is -2.34. The number of nitrogens with zero attached hydrogens (tertiary/aromatic N) is 5. The second-order valence-electron chi connectivity index (χ2n) is 15.8. The molecule has 7 rings (SSSR count). The van der Waals surface area contributed by atoms with E-state index >= 15 is 0 Å². The summed E-state index contributed by atoms with van der Waals surface area (Å²) in [6, 6.07) is 12.8. The van der Waals surface area contributed by atoms with Crippen molar-refractivity contribution in [3.05, 3.63) is 106 Å². The van der Waals surface area contributed by atoms with Gasteiger partial charge in [0.1, 0.15) is 29.4 Å². The number of halogens is 6. The van der Waals surface area contributed by atoms with Crippen LogP contribution in [0.25, 0.3) is 21.8 Å². The van der Waals surface area contributed by atoms with Crippen molar-refractivity contribution in [2.24, 2.45) is 0 Å². The van der Waals surface area contributed by atoms with Crippen molar-refractivity contribution in [2.45, 2.75) is 72.1 Å². The Morgan fingerprint density at radius 1 is 0.719 bits per heavy atom. The zero-order valence-corrected chi connectivity index (χ0v) is 36.0. The number of ether oxygens (including phenoxy) is 1. The highest BCUT2D eigenvalue weighted by Gasteiger charge is 2.34. The van der Waals surface area contributed by atoms with Crippen LogP contribution in [0.3, 0.4) is 0 Å². The number of nitrogens with one attached hydrogen (secondary N) is 4. The molecule has 13 nitrogen and oxygen atoms in total. The average molecular weight is 890 g/mol. The molecule has 1 amide bonds. The van der Waals surface area contributed by atoms with E-state index < -0.39 is 41.7 Å². The number of alkyl halides is 6. The van der Waals surface area contributed by atoms with Crippen LogP contribution in [-0.4, -0.2) is 63.5 Å². The lowest BCUT2D eigenvalue weighted by atomic mass is 10.0. The SMILES string of the molecule is CCNc1cc2c(NC(C)c3cc(N)cc(C(F)(F)F)c3)nc(C)nc2cc1C(=O)N1CCO[C@H](c2cc3nc(C)nc(NC(C)c4cc(N)cc(C(F)(F)F)c4)c3cc2NCC)C1. The molecule has 0 aliphatic carbocycles. The van der Waals surface area contributed by atoms with Crippen LogP contribution in [0, 0.1) is 13.8 Å². The molecule has 8 N–H and O–H groups in total. The number of carbonyl (C=O) groups excluding carboxylic acids is 1. The summed E-state index contributed by atoms with van der Waals surface area (Å²) in [6.07, 6.45) is -9.73. The highest BCUT2D eigenvalue weighted by atomic mass is 19.4. The molecule has 1 aliphatic heterocycles.